The summed E-state index contributed by atoms with van der Waals surface area (Å²) in [5, 5.41) is 9.19. The van der Waals surface area contributed by atoms with Crippen molar-refractivity contribution in [3.63, 3.8) is 0 Å². The van der Waals surface area contributed by atoms with Crippen LogP contribution in [0, 0.1) is 6.07 Å². The van der Waals surface area contributed by atoms with Crippen LogP contribution in [0.4, 0.5) is 0 Å². The summed E-state index contributed by atoms with van der Waals surface area (Å²) in [7, 11) is 0. The Labute approximate surface area is 123 Å². The first-order valence-corrected chi connectivity index (χ1v) is 4.89. The molecular weight excluding hydrogens is 291 g/mol. The molecule has 0 saturated heterocycles. The molecule has 3 rings (SSSR count). The van der Waals surface area contributed by atoms with Crippen LogP contribution < -0.4 is 0 Å². The third-order valence-electron chi connectivity index (χ3n) is 2.35. The van der Waals surface area contributed by atoms with E-state index >= 15 is 0 Å². The molecule has 3 nitrogen and oxygen atoms in total. The van der Waals surface area contributed by atoms with Crippen LogP contribution in [0.15, 0.2) is 46.9 Å². The first kappa shape index (κ1) is 12.3. The Bertz CT molecular complexity index is 598. The van der Waals surface area contributed by atoms with Gasteiger partial charge in [0.1, 0.15) is 5.75 Å². The van der Waals surface area contributed by atoms with Gasteiger partial charge in [-0.15, -0.1) is 12.1 Å². The van der Waals surface area contributed by atoms with Crippen molar-refractivity contribution >= 4 is 11.1 Å². The van der Waals surface area contributed by atoms with E-state index in [1.165, 1.54) is 0 Å². The molecule has 1 N–H and O–H groups in total. The average Bonchev–Trinajstić information content (AvgIpc) is 2.73. The molecule has 0 bridgehead atoms. The summed E-state index contributed by atoms with van der Waals surface area (Å²) in [5.41, 5.74) is 2.36. The van der Waals surface area contributed by atoms with Gasteiger partial charge in [0.2, 0.25) is 5.89 Å². The first-order chi connectivity index (χ1) is 7.83. The van der Waals surface area contributed by atoms with Gasteiger partial charge in [0.25, 0.3) is 0 Å². The molecule has 0 amide bonds. The van der Waals surface area contributed by atoms with Gasteiger partial charge in [0.15, 0.2) is 0 Å². The molecule has 1 heterocycles. The number of hydrogen-bond acceptors (Lipinski definition) is 3. The van der Waals surface area contributed by atoms with E-state index in [2.05, 4.69) is 11.1 Å². The fourth-order valence-electron chi connectivity index (χ4n) is 1.54. The third-order valence-corrected chi connectivity index (χ3v) is 2.35. The number of phenols is 1. The van der Waals surface area contributed by atoms with Crippen molar-refractivity contribution in [2.45, 2.75) is 0 Å². The number of benzene rings is 2. The van der Waals surface area contributed by atoms with Crippen molar-refractivity contribution in [1.29, 1.82) is 0 Å². The number of fused-ring (bicyclic) bond motifs is 1. The molecule has 1 aromatic heterocycles. The van der Waals surface area contributed by atoms with Crippen molar-refractivity contribution in [1.82, 2.24) is 4.98 Å². The topological polar surface area (TPSA) is 46.3 Å². The van der Waals surface area contributed by atoms with E-state index in [0.717, 1.165) is 11.1 Å². The fraction of sp³-hybridized carbons (Fsp3) is 0. The molecule has 3 aromatic rings. The van der Waals surface area contributed by atoms with Crippen LogP contribution in [-0.4, -0.2) is 10.1 Å². The van der Waals surface area contributed by atoms with Gasteiger partial charge in [0, 0.05) is 49.4 Å². The van der Waals surface area contributed by atoms with Gasteiger partial charge >= 0.3 is 0 Å². The zero-order chi connectivity index (χ0) is 11.0. The van der Waals surface area contributed by atoms with Gasteiger partial charge in [-0.3, -0.25) is 0 Å². The minimum atomic E-state index is 0. The smallest absolute Gasteiger partial charge is 0.212 e. The molecule has 0 aliphatic heterocycles. The van der Waals surface area contributed by atoms with E-state index in [9.17, 15) is 5.11 Å². The molecule has 0 saturated carbocycles. The summed E-state index contributed by atoms with van der Waals surface area (Å²) in [6.45, 7) is 0. The molecule has 1 radical (unpaired) electrons. The van der Waals surface area contributed by atoms with Crippen molar-refractivity contribution in [3.8, 4) is 17.2 Å². The van der Waals surface area contributed by atoms with E-state index in [1.807, 2.05) is 6.07 Å². The summed E-state index contributed by atoms with van der Waals surface area (Å²) in [5.74, 6) is 0.780. The summed E-state index contributed by atoms with van der Waals surface area (Å²) in [6.07, 6.45) is 0. The van der Waals surface area contributed by atoms with Crippen LogP contribution in [0.5, 0.6) is 5.75 Å². The van der Waals surface area contributed by atoms with Crippen LogP contribution in [0.25, 0.3) is 22.6 Å². The van der Waals surface area contributed by atoms with Crippen molar-refractivity contribution in [2.75, 3.05) is 0 Å². The SMILES string of the molecule is Oc1ccc(-c2nc3cc[c-]cc3o2)cc1.[Y]. The second kappa shape index (κ2) is 4.98. The molecule has 0 aliphatic carbocycles. The van der Waals surface area contributed by atoms with E-state index in [0.29, 0.717) is 11.5 Å². The van der Waals surface area contributed by atoms with Crippen molar-refractivity contribution in [3.05, 3.63) is 48.5 Å². The maximum Gasteiger partial charge on any atom is 0.212 e. The Kier molecular flexibility index (Phi) is 3.60. The van der Waals surface area contributed by atoms with E-state index in [1.54, 1.807) is 36.4 Å². The molecular formula is C13H8NO2Y-. The number of phenolic OH excluding ortho intramolecular Hbond substituents is 1. The molecule has 4 heteroatoms. The van der Waals surface area contributed by atoms with Crippen LogP contribution in [0.1, 0.15) is 0 Å². The Hall–Kier alpha value is -1.19. The van der Waals surface area contributed by atoms with Crippen molar-refractivity contribution in [2.24, 2.45) is 0 Å². The van der Waals surface area contributed by atoms with Crippen LogP contribution >= 0.6 is 0 Å². The predicted octanol–water partition coefficient (Wildman–Crippen LogP) is 3.00. The normalized spacial score (nSPS) is 10.1. The van der Waals surface area contributed by atoms with Crippen LogP contribution in [0.2, 0.25) is 0 Å². The maximum atomic E-state index is 9.19. The number of aromatic hydroxyl groups is 1. The molecule has 0 spiro atoms. The minimum Gasteiger partial charge on any atom is -0.508 e. The van der Waals surface area contributed by atoms with E-state index in [-0.39, 0.29) is 38.5 Å². The van der Waals surface area contributed by atoms with E-state index < -0.39 is 0 Å². The minimum absolute atomic E-state index is 0. The molecule has 17 heavy (non-hydrogen) atoms. The Morgan fingerprint density at radius 1 is 1.12 bits per heavy atom. The summed E-state index contributed by atoms with van der Waals surface area (Å²) < 4.78 is 5.57. The number of oxazole rings is 1. The molecule has 0 atom stereocenters. The number of hydrogen-bond donors (Lipinski definition) is 1. The Morgan fingerprint density at radius 2 is 1.88 bits per heavy atom. The zero-order valence-electron chi connectivity index (χ0n) is 8.92. The quantitative estimate of drug-likeness (QED) is 0.703. The third kappa shape index (κ3) is 2.40. The largest absolute Gasteiger partial charge is 0.508 e. The summed E-state index contributed by atoms with van der Waals surface area (Å²) in [4.78, 5) is 4.34. The second-order valence-corrected chi connectivity index (χ2v) is 3.46. The average molecular weight is 299 g/mol. The summed E-state index contributed by atoms with van der Waals surface area (Å²) in [6, 6.07) is 15.1. The van der Waals surface area contributed by atoms with Crippen LogP contribution in [0.3, 0.4) is 0 Å². The standard InChI is InChI=1S/C13H8NO2.Y/c15-10-7-5-9(6-8-10)13-14-11-3-1-2-4-12(11)16-13;/h1,3-8,15H;/q-1;. The van der Waals surface area contributed by atoms with Crippen molar-refractivity contribution < 1.29 is 42.2 Å². The maximum absolute atomic E-state index is 9.19. The van der Waals surface area contributed by atoms with Gasteiger partial charge in [-0.1, -0.05) is 0 Å². The fourth-order valence-corrected chi connectivity index (χ4v) is 1.54. The number of aromatic nitrogens is 1. The Balaban J connectivity index is 0.00000108. The zero-order valence-corrected chi connectivity index (χ0v) is 11.8. The van der Waals surface area contributed by atoms with Gasteiger partial charge in [-0.2, -0.15) is 12.1 Å². The predicted molar refractivity (Wildman–Crippen MR) is 59.9 cm³/mol. The number of rotatable bonds is 1. The van der Waals surface area contributed by atoms with E-state index in [4.69, 9.17) is 4.42 Å². The molecule has 2 aromatic carbocycles. The van der Waals surface area contributed by atoms with Gasteiger partial charge in [-0.05, 0) is 24.3 Å². The second-order valence-electron chi connectivity index (χ2n) is 3.46. The monoisotopic (exact) mass is 299 g/mol. The summed E-state index contributed by atoms with van der Waals surface area (Å²) >= 11 is 0. The molecule has 81 valence electrons. The molecule has 0 unspecified atom stereocenters. The van der Waals surface area contributed by atoms with Gasteiger partial charge in [0.05, 0.1) is 0 Å². The van der Waals surface area contributed by atoms with Crippen LogP contribution in [-0.2, 0) is 32.7 Å². The molecule has 0 aliphatic rings. The van der Waals surface area contributed by atoms with Gasteiger partial charge < -0.3 is 9.52 Å². The number of nitrogens with zero attached hydrogens (tertiary/aromatic N) is 1. The Morgan fingerprint density at radius 3 is 2.59 bits per heavy atom. The van der Waals surface area contributed by atoms with Gasteiger partial charge in [-0.25, -0.2) is 4.98 Å². The first-order valence-electron chi connectivity index (χ1n) is 4.89. The molecule has 0 fully saturated rings.